The van der Waals surface area contributed by atoms with Gasteiger partial charge in [0.2, 0.25) is 11.7 Å². The van der Waals surface area contributed by atoms with E-state index in [9.17, 15) is 0 Å². The molecule has 0 aliphatic rings. The minimum atomic E-state index is 0.0752. The fourth-order valence-electron chi connectivity index (χ4n) is 1.11. The molecule has 2 aromatic rings. The standard InChI is InChI=1S/C9H12N4O/c1-6(10-2)9-12-8(13-14-9)7-4-3-5-11-7/h3-6,10-11H,1-2H3/t6-/m0/s1. The molecule has 5 heteroatoms. The average molecular weight is 192 g/mol. The molecule has 0 aromatic carbocycles. The summed E-state index contributed by atoms with van der Waals surface area (Å²) in [6, 6.07) is 3.87. The summed E-state index contributed by atoms with van der Waals surface area (Å²) in [4.78, 5) is 7.27. The van der Waals surface area contributed by atoms with E-state index < -0.39 is 0 Å². The zero-order chi connectivity index (χ0) is 9.97. The second-order valence-corrected chi connectivity index (χ2v) is 3.05. The molecule has 1 atom stereocenters. The Labute approximate surface area is 81.5 Å². The van der Waals surface area contributed by atoms with Crippen molar-refractivity contribution in [2.75, 3.05) is 7.05 Å². The monoisotopic (exact) mass is 192 g/mol. The summed E-state index contributed by atoms with van der Waals surface area (Å²) < 4.78 is 5.10. The van der Waals surface area contributed by atoms with Gasteiger partial charge in [0, 0.05) is 6.20 Å². The van der Waals surface area contributed by atoms with Gasteiger partial charge in [0.1, 0.15) is 0 Å². The molecule has 0 fully saturated rings. The fourth-order valence-corrected chi connectivity index (χ4v) is 1.11. The van der Waals surface area contributed by atoms with Gasteiger partial charge in [-0.2, -0.15) is 4.98 Å². The minimum Gasteiger partial charge on any atom is -0.359 e. The number of hydrogen-bond donors (Lipinski definition) is 2. The van der Waals surface area contributed by atoms with Gasteiger partial charge >= 0.3 is 0 Å². The summed E-state index contributed by atoms with van der Waals surface area (Å²) in [7, 11) is 1.85. The van der Waals surface area contributed by atoms with Gasteiger partial charge < -0.3 is 14.8 Å². The van der Waals surface area contributed by atoms with Gasteiger partial charge in [-0.1, -0.05) is 5.16 Å². The van der Waals surface area contributed by atoms with Crippen LogP contribution in [0.25, 0.3) is 11.5 Å². The highest BCUT2D eigenvalue weighted by Gasteiger charge is 2.13. The molecule has 0 spiro atoms. The number of rotatable bonds is 3. The van der Waals surface area contributed by atoms with Crippen LogP contribution in [0.3, 0.4) is 0 Å². The Bertz CT molecular complexity index is 393. The van der Waals surface area contributed by atoms with Crippen LogP contribution in [0.2, 0.25) is 0 Å². The third kappa shape index (κ3) is 1.54. The maximum absolute atomic E-state index is 5.10. The lowest BCUT2D eigenvalue weighted by molar-refractivity contribution is 0.347. The number of nitrogens with one attached hydrogen (secondary N) is 2. The Balaban J connectivity index is 2.26. The molecule has 2 heterocycles. The van der Waals surface area contributed by atoms with Crippen LogP contribution in [-0.2, 0) is 0 Å². The largest absolute Gasteiger partial charge is 0.359 e. The molecular formula is C9H12N4O. The van der Waals surface area contributed by atoms with E-state index in [1.165, 1.54) is 0 Å². The quantitative estimate of drug-likeness (QED) is 0.770. The summed E-state index contributed by atoms with van der Waals surface area (Å²) in [5.74, 6) is 1.18. The lowest BCUT2D eigenvalue weighted by Gasteiger charge is -2.01. The molecule has 0 aliphatic carbocycles. The van der Waals surface area contributed by atoms with Crippen LogP contribution in [0.15, 0.2) is 22.9 Å². The highest BCUT2D eigenvalue weighted by atomic mass is 16.5. The van der Waals surface area contributed by atoms with E-state index in [1.54, 1.807) is 0 Å². The molecule has 2 aromatic heterocycles. The molecular weight excluding hydrogens is 180 g/mol. The molecule has 2 rings (SSSR count). The van der Waals surface area contributed by atoms with E-state index in [1.807, 2.05) is 32.3 Å². The van der Waals surface area contributed by atoms with Crippen LogP contribution in [0.1, 0.15) is 18.9 Å². The van der Waals surface area contributed by atoms with Crippen molar-refractivity contribution in [3.63, 3.8) is 0 Å². The van der Waals surface area contributed by atoms with E-state index in [0.717, 1.165) is 5.69 Å². The molecule has 2 N–H and O–H groups in total. The van der Waals surface area contributed by atoms with Gasteiger partial charge in [-0.3, -0.25) is 0 Å². The maximum Gasteiger partial charge on any atom is 0.243 e. The summed E-state index contributed by atoms with van der Waals surface area (Å²) >= 11 is 0. The molecule has 0 radical (unpaired) electrons. The Kier molecular flexibility index (Phi) is 2.32. The Morgan fingerprint density at radius 1 is 1.57 bits per heavy atom. The average Bonchev–Trinajstić information content (AvgIpc) is 2.86. The first-order chi connectivity index (χ1) is 6.81. The van der Waals surface area contributed by atoms with Crippen molar-refractivity contribution in [2.24, 2.45) is 0 Å². The van der Waals surface area contributed by atoms with Crippen LogP contribution >= 0.6 is 0 Å². The topological polar surface area (TPSA) is 66.7 Å². The van der Waals surface area contributed by atoms with Crippen LogP contribution in [-0.4, -0.2) is 22.2 Å². The molecule has 0 saturated heterocycles. The lowest BCUT2D eigenvalue weighted by atomic mass is 10.3. The van der Waals surface area contributed by atoms with Crippen molar-refractivity contribution in [1.82, 2.24) is 20.4 Å². The zero-order valence-corrected chi connectivity index (χ0v) is 8.11. The SMILES string of the molecule is CN[C@@H](C)c1nc(-c2ccc[nH]2)no1. The van der Waals surface area contributed by atoms with Crippen molar-refractivity contribution in [1.29, 1.82) is 0 Å². The summed E-state index contributed by atoms with van der Waals surface area (Å²) in [5, 5.41) is 6.90. The molecule has 0 bridgehead atoms. The van der Waals surface area contributed by atoms with E-state index in [4.69, 9.17) is 4.52 Å². The molecule has 0 saturated carbocycles. The van der Waals surface area contributed by atoms with Crippen molar-refractivity contribution in [3.05, 3.63) is 24.2 Å². The highest BCUT2D eigenvalue weighted by Crippen LogP contribution is 2.15. The van der Waals surface area contributed by atoms with Gasteiger partial charge in [-0.25, -0.2) is 0 Å². The van der Waals surface area contributed by atoms with E-state index in [-0.39, 0.29) is 6.04 Å². The van der Waals surface area contributed by atoms with Crippen molar-refractivity contribution in [2.45, 2.75) is 13.0 Å². The van der Waals surface area contributed by atoms with Gasteiger partial charge in [0.25, 0.3) is 0 Å². The van der Waals surface area contributed by atoms with Crippen LogP contribution in [0, 0.1) is 0 Å². The van der Waals surface area contributed by atoms with Crippen molar-refractivity contribution < 1.29 is 4.52 Å². The first-order valence-corrected chi connectivity index (χ1v) is 4.46. The van der Waals surface area contributed by atoms with Crippen molar-refractivity contribution >= 4 is 0 Å². The number of hydrogen-bond acceptors (Lipinski definition) is 4. The van der Waals surface area contributed by atoms with Gasteiger partial charge in [0.15, 0.2) is 0 Å². The van der Waals surface area contributed by atoms with Gasteiger partial charge in [0.05, 0.1) is 11.7 Å². The first kappa shape index (κ1) is 8.96. The lowest BCUT2D eigenvalue weighted by Crippen LogP contribution is -2.12. The summed E-state index contributed by atoms with van der Waals surface area (Å²) in [5.41, 5.74) is 0.864. The highest BCUT2D eigenvalue weighted by molar-refractivity contribution is 5.47. The third-order valence-electron chi connectivity index (χ3n) is 2.08. The molecule has 0 amide bonds. The fraction of sp³-hybridized carbons (Fsp3) is 0.333. The Hall–Kier alpha value is -1.62. The second-order valence-electron chi connectivity index (χ2n) is 3.05. The summed E-state index contributed by atoms with van der Waals surface area (Å²) in [6.07, 6.45) is 1.83. The number of aromatic nitrogens is 3. The first-order valence-electron chi connectivity index (χ1n) is 4.46. The van der Waals surface area contributed by atoms with Gasteiger partial charge in [-0.05, 0) is 26.1 Å². The van der Waals surface area contributed by atoms with Crippen LogP contribution in [0.5, 0.6) is 0 Å². The number of nitrogens with zero attached hydrogens (tertiary/aromatic N) is 2. The predicted molar refractivity (Wildman–Crippen MR) is 51.6 cm³/mol. The van der Waals surface area contributed by atoms with Gasteiger partial charge in [-0.15, -0.1) is 0 Å². The summed E-state index contributed by atoms with van der Waals surface area (Å²) in [6.45, 7) is 1.96. The number of H-pyrrole nitrogens is 1. The van der Waals surface area contributed by atoms with Crippen LogP contribution < -0.4 is 5.32 Å². The normalized spacial score (nSPS) is 13.0. The Morgan fingerprint density at radius 2 is 2.43 bits per heavy atom. The van der Waals surface area contributed by atoms with Crippen LogP contribution in [0.4, 0.5) is 0 Å². The maximum atomic E-state index is 5.10. The minimum absolute atomic E-state index is 0.0752. The zero-order valence-electron chi connectivity index (χ0n) is 8.11. The molecule has 0 aliphatic heterocycles. The predicted octanol–water partition coefficient (Wildman–Crippen LogP) is 1.35. The molecule has 0 unspecified atom stereocenters. The molecule has 14 heavy (non-hydrogen) atoms. The Morgan fingerprint density at radius 3 is 3.07 bits per heavy atom. The van der Waals surface area contributed by atoms with Crippen molar-refractivity contribution in [3.8, 4) is 11.5 Å². The number of aromatic amines is 1. The van der Waals surface area contributed by atoms with E-state index in [0.29, 0.717) is 11.7 Å². The van der Waals surface area contributed by atoms with E-state index >= 15 is 0 Å². The molecule has 74 valence electrons. The van der Waals surface area contributed by atoms with E-state index in [2.05, 4.69) is 20.4 Å². The smallest absolute Gasteiger partial charge is 0.243 e. The molecule has 5 nitrogen and oxygen atoms in total. The third-order valence-corrected chi connectivity index (χ3v) is 2.08. The second kappa shape index (κ2) is 3.63.